The highest BCUT2D eigenvalue weighted by Crippen LogP contribution is 2.58. The highest BCUT2D eigenvalue weighted by Gasteiger charge is 2.57. The standard InChI is InChI=1S/C16H20N2O3/c1-10-2-3-13(11(8-10)15(20)21)18-14(19)12-9-16(12)4-6-17-7-5-16/h2-3,8,12,17H,4-7,9H2,1H3,(H,18,19)(H,20,21). The largest absolute Gasteiger partial charge is 0.478 e. The second-order valence-electron chi connectivity index (χ2n) is 6.21. The topological polar surface area (TPSA) is 78.4 Å². The molecule has 1 amide bonds. The van der Waals surface area contributed by atoms with E-state index in [0.717, 1.165) is 37.9 Å². The number of nitrogens with one attached hydrogen (secondary N) is 2. The van der Waals surface area contributed by atoms with Gasteiger partial charge in [0.05, 0.1) is 11.3 Å². The third-order valence-electron chi connectivity index (χ3n) is 4.77. The van der Waals surface area contributed by atoms with Crippen LogP contribution < -0.4 is 10.6 Å². The van der Waals surface area contributed by atoms with Gasteiger partial charge in [0.1, 0.15) is 0 Å². The maximum absolute atomic E-state index is 12.4. The molecule has 1 spiro atoms. The van der Waals surface area contributed by atoms with E-state index in [1.165, 1.54) is 0 Å². The highest BCUT2D eigenvalue weighted by molar-refractivity contribution is 6.02. The summed E-state index contributed by atoms with van der Waals surface area (Å²) in [5.74, 6) is -1.02. The van der Waals surface area contributed by atoms with E-state index >= 15 is 0 Å². The highest BCUT2D eigenvalue weighted by atomic mass is 16.4. The number of carbonyl (C=O) groups excluding carboxylic acids is 1. The fraction of sp³-hybridized carbons (Fsp3) is 0.500. The zero-order valence-electron chi connectivity index (χ0n) is 12.1. The third-order valence-corrected chi connectivity index (χ3v) is 4.77. The maximum Gasteiger partial charge on any atom is 0.337 e. The van der Waals surface area contributed by atoms with Crippen LogP contribution in [0.25, 0.3) is 0 Å². The Morgan fingerprint density at radius 3 is 2.71 bits per heavy atom. The number of carboxylic acid groups (broad SMARTS) is 1. The van der Waals surface area contributed by atoms with E-state index in [2.05, 4.69) is 10.6 Å². The smallest absolute Gasteiger partial charge is 0.337 e. The van der Waals surface area contributed by atoms with Gasteiger partial charge < -0.3 is 15.7 Å². The van der Waals surface area contributed by atoms with Crippen molar-refractivity contribution in [2.24, 2.45) is 11.3 Å². The first-order valence-electron chi connectivity index (χ1n) is 7.37. The summed E-state index contributed by atoms with van der Waals surface area (Å²) in [6, 6.07) is 5.08. The van der Waals surface area contributed by atoms with Crippen molar-refractivity contribution in [2.75, 3.05) is 18.4 Å². The van der Waals surface area contributed by atoms with E-state index in [4.69, 9.17) is 0 Å². The Kier molecular flexibility index (Phi) is 3.45. The molecule has 2 fully saturated rings. The molecule has 1 saturated heterocycles. The molecule has 5 heteroatoms. The van der Waals surface area contributed by atoms with Crippen LogP contribution in [0.5, 0.6) is 0 Å². The first-order chi connectivity index (χ1) is 10.0. The Morgan fingerprint density at radius 2 is 2.05 bits per heavy atom. The van der Waals surface area contributed by atoms with Crippen molar-refractivity contribution in [3.05, 3.63) is 29.3 Å². The van der Waals surface area contributed by atoms with E-state index < -0.39 is 5.97 Å². The van der Waals surface area contributed by atoms with Crippen LogP contribution in [-0.4, -0.2) is 30.1 Å². The van der Waals surface area contributed by atoms with Gasteiger partial charge in [-0.3, -0.25) is 4.79 Å². The van der Waals surface area contributed by atoms with Gasteiger partial charge in [0.25, 0.3) is 0 Å². The lowest BCUT2D eigenvalue weighted by Gasteiger charge is -2.23. The molecule has 1 aromatic rings. The van der Waals surface area contributed by atoms with E-state index in [9.17, 15) is 14.7 Å². The zero-order valence-corrected chi connectivity index (χ0v) is 12.1. The first kappa shape index (κ1) is 14.1. The molecule has 1 aliphatic carbocycles. The van der Waals surface area contributed by atoms with Crippen molar-refractivity contribution in [2.45, 2.75) is 26.2 Å². The van der Waals surface area contributed by atoms with Crippen LogP contribution in [0.4, 0.5) is 5.69 Å². The summed E-state index contributed by atoms with van der Waals surface area (Å²) in [6.45, 7) is 3.77. The number of piperidine rings is 1. The Bertz CT molecular complexity index is 591. The molecule has 1 saturated carbocycles. The first-order valence-corrected chi connectivity index (χ1v) is 7.37. The number of rotatable bonds is 3. The minimum atomic E-state index is -1.01. The van der Waals surface area contributed by atoms with Crippen LogP contribution in [0.2, 0.25) is 0 Å². The molecule has 1 unspecified atom stereocenters. The molecule has 21 heavy (non-hydrogen) atoms. The second kappa shape index (κ2) is 5.15. The number of carboxylic acids is 1. The SMILES string of the molecule is Cc1ccc(NC(=O)C2CC23CCNCC3)c(C(=O)O)c1. The van der Waals surface area contributed by atoms with Gasteiger partial charge in [0.15, 0.2) is 0 Å². The van der Waals surface area contributed by atoms with Crippen molar-refractivity contribution < 1.29 is 14.7 Å². The lowest BCUT2D eigenvalue weighted by Crippen LogP contribution is -2.31. The predicted molar refractivity (Wildman–Crippen MR) is 79.4 cm³/mol. The molecular weight excluding hydrogens is 268 g/mol. The summed E-state index contributed by atoms with van der Waals surface area (Å²) in [6.07, 6.45) is 2.99. The minimum Gasteiger partial charge on any atom is -0.478 e. The van der Waals surface area contributed by atoms with Crippen LogP contribution in [0.1, 0.15) is 35.2 Å². The number of hydrogen-bond acceptors (Lipinski definition) is 3. The number of hydrogen-bond donors (Lipinski definition) is 3. The van der Waals surface area contributed by atoms with Gasteiger partial charge in [-0.15, -0.1) is 0 Å². The van der Waals surface area contributed by atoms with Crippen molar-refractivity contribution in [1.29, 1.82) is 0 Å². The zero-order chi connectivity index (χ0) is 15.0. The normalized spacial score (nSPS) is 22.8. The Labute approximate surface area is 123 Å². The molecule has 1 aliphatic heterocycles. The van der Waals surface area contributed by atoms with Gasteiger partial charge in [0, 0.05) is 5.92 Å². The molecule has 0 bridgehead atoms. The molecule has 112 valence electrons. The van der Waals surface area contributed by atoms with Crippen LogP contribution >= 0.6 is 0 Å². The molecule has 2 aliphatic rings. The van der Waals surface area contributed by atoms with E-state index in [1.807, 2.05) is 13.0 Å². The summed E-state index contributed by atoms with van der Waals surface area (Å²) in [7, 11) is 0. The number of aryl methyl sites for hydroxylation is 1. The average Bonchev–Trinajstić information content (AvgIpc) is 3.15. The van der Waals surface area contributed by atoms with Crippen LogP contribution in [0.3, 0.4) is 0 Å². The van der Waals surface area contributed by atoms with Crippen molar-refractivity contribution in [3.63, 3.8) is 0 Å². The van der Waals surface area contributed by atoms with Gasteiger partial charge in [-0.25, -0.2) is 4.79 Å². The van der Waals surface area contributed by atoms with Crippen molar-refractivity contribution in [3.8, 4) is 0 Å². The molecule has 1 atom stereocenters. The van der Waals surface area contributed by atoms with E-state index in [1.54, 1.807) is 12.1 Å². The molecular formula is C16H20N2O3. The van der Waals surface area contributed by atoms with Gasteiger partial charge in [-0.2, -0.15) is 0 Å². The summed E-state index contributed by atoms with van der Waals surface area (Å²) >= 11 is 0. The number of benzene rings is 1. The number of carbonyl (C=O) groups is 2. The average molecular weight is 288 g/mol. The number of amides is 1. The summed E-state index contributed by atoms with van der Waals surface area (Å²) in [5, 5.41) is 15.4. The van der Waals surface area contributed by atoms with Gasteiger partial charge in [0.2, 0.25) is 5.91 Å². The van der Waals surface area contributed by atoms with Crippen LogP contribution in [-0.2, 0) is 4.79 Å². The van der Waals surface area contributed by atoms with E-state index in [-0.39, 0.29) is 22.8 Å². The molecule has 3 rings (SSSR count). The fourth-order valence-corrected chi connectivity index (χ4v) is 3.36. The molecule has 0 aromatic heterocycles. The van der Waals surface area contributed by atoms with Crippen molar-refractivity contribution >= 4 is 17.6 Å². The van der Waals surface area contributed by atoms with Gasteiger partial charge >= 0.3 is 5.97 Å². The Hall–Kier alpha value is -1.88. The molecule has 5 nitrogen and oxygen atoms in total. The van der Waals surface area contributed by atoms with Crippen molar-refractivity contribution in [1.82, 2.24) is 5.32 Å². The monoisotopic (exact) mass is 288 g/mol. The second-order valence-corrected chi connectivity index (χ2v) is 6.21. The number of anilines is 1. The quantitative estimate of drug-likeness (QED) is 0.795. The number of aromatic carboxylic acids is 1. The third kappa shape index (κ3) is 2.65. The van der Waals surface area contributed by atoms with Crippen LogP contribution in [0, 0.1) is 18.3 Å². The summed E-state index contributed by atoms with van der Waals surface area (Å²) in [4.78, 5) is 23.7. The molecule has 1 heterocycles. The molecule has 3 N–H and O–H groups in total. The predicted octanol–water partition coefficient (Wildman–Crippen LogP) is 2.02. The Balaban J connectivity index is 1.73. The maximum atomic E-state index is 12.4. The molecule has 1 aromatic carbocycles. The lowest BCUT2D eigenvalue weighted by molar-refractivity contribution is -0.118. The van der Waals surface area contributed by atoms with Gasteiger partial charge in [-0.05, 0) is 56.8 Å². The summed E-state index contributed by atoms with van der Waals surface area (Å²) in [5.41, 5.74) is 1.58. The Morgan fingerprint density at radius 1 is 1.33 bits per heavy atom. The fourth-order valence-electron chi connectivity index (χ4n) is 3.36. The van der Waals surface area contributed by atoms with Gasteiger partial charge in [-0.1, -0.05) is 11.6 Å². The summed E-state index contributed by atoms with van der Waals surface area (Å²) < 4.78 is 0. The molecule has 0 radical (unpaired) electrons. The van der Waals surface area contributed by atoms with E-state index in [0.29, 0.717) is 5.69 Å². The minimum absolute atomic E-state index is 0.0301. The van der Waals surface area contributed by atoms with Crippen LogP contribution in [0.15, 0.2) is 18.2 Å². The lowest BCUT2D eigenvalue weighted by atomic mass is 9.91.